The molecule has 2 aromatic carbocycles. The van der Waals surface area contributed by atoms with Gasteiger partial charge >= 0.3 is 0 Å². The molecule has 0 aliphatic carbocycles. The number of rotatable bonds is 7. The van der Waals surface area contributed by atoms with Gasteiger partial charge in [0.15, 0.2) is 0 Å². The number of nitrogens with zero attached hydrogens (tertiary/aromatic N) is 2. The summed E-state index contributed by atoms with van der Waals surface area (Å²) in [7, 11) is 0. The van der Waals surface area contributed by atoms with Gasteiger partial charge in [0.05, 0.1) is 22.7 Å². The first kappa shape index (κ1) is 20.1. The van der Waals surface area contributed by atoms with Crippen LogP contribution < -0.4 is 10.7 Å². The summed E-state index contributed by atoms with van der Waals surface area (Å²) in [6, 6.07) is 15.0. The summed E-state index contributed by atoms with van der Waals surface area (Å²) in [5, 5.41) is 18.1. The van der Waals surface area contributed by atoms with Gasteiger partial charge in [0.2, 0.25) is 0 Å². The molecule has 0 atom stereocenters. The van der Waals surface area contributed by atoms with Crippen molar-refractivity contribution in [1.29, 1.82) is 0 Å². The number of halogens is 1. The zero-order chi connectivity index (χ0) is 20.8. The van der Waals surface area contributed by atoms with Gasteiger partial charge in [-0.2, -0.15) is 5.10 Å². The number of carbonyl (C=O) groups excluding carboxylic acids is 1. The van der Waals surface area contributed by atoms with Crippen molar-refractivity contribution in [2.75, 3.05) is 11.9 Å². The number of anilines is 1. The number of furan rings is 1. The Hall–Kier alpha value is -3.65. The molecule has 0 saturated heterocycles. The topological polar surface area (TPSA) is 110 Å². The second-order valence-corrected chi connectivity index (χ2v) is 6.54. The third-order valence-electron chi connectivity index (χ3n) is 3.94. The summed E-state index contributed by atoms with van der Waals surface area (Å²) in [5.41, 5.74) is 4.66. The molecule has 0 fully saturated rings. The van der Waals surface area contributed by atoms with E-state index >= 15 is 0 Å². The third kappa shape index (κ3) is 5.43. The van der Waals surface area contributed by atoms with Gasteiger partial charge in [-0.05, 0) is 37.3 Å². The lowest BCUT2D eigenvalue weighted by Gasteiger charge is -2.05. The number of amides is 1. The van der Waals surface area contributed by atoms with E-state index in [0.717, 1.165) is 11.3 Å². The summed E-state index contributed by atoms with van der Waals surface area (Å²) in [4.78, 5) is 22.3. The minimum absolute atomic E-state index is 0.0626. The molecule has 1 heterocycles. The molecule has 0 spiro atoms. The van der Waals surface area contributed by atoms with Crippen LogP contribution in [0, 0.1) is 17.0 Å². The standard InChI is InChI=1S/C20H17ClN4O4/c1-13-2-4-14(5-3-13)22-12-20(26)24-23-11-16-7-9-19(29-16)17-10-15(25(27)28)6-8-18(17)21/h2-11,22H,12H2,1H3,(H,24,26). The minimum atomic E-state index is -0.509. The van der Waals surface area contributed by atoms with E-state index in [2.05, 4.69) is 15.8 Å². The molecule has 0 unspecified atom stereocenters. The number of carbonyl (C=O) groups is 1. The molecule has 0 saturated carbocycles. The van der Waals surface area contributed by atoms with Crippen molar-refractivity contribution >= 4 is 35.1 Å². The highest BCUT2D eigenvalue weighted by atomic mass is 35.5. The summed E-state index contributed by atoms with van der Waals surface area (Å²) < 4.78 is 5.58. The van der Waals surface area contributed by atoms with Gasteiger partial charge in [-0.3, -0.25) is 14.9 Å². The molecule has 0 aliphatic heterocycles. The molecule has 148 valence electrons. The van der Waals surface area contributed by atoms with Gasteiger partial charge in [-0.1, -0.05) is 29.3 Å². The van der Waals surface area contributed by atoms with Crippen molar-refractivity contribution in [3.8, 4) is 11.3 Å². The Morgan fingerprint density at radius 3 is 2.69 bits per heavy atom. The molecule has 0 radical (unpaired) electrons. The van der Waals surface area contributed by atoms with E-state index in [9.17, 15) is 14.9 Å². The van der Waals surface area contributed by atoms with E-state index in [-0.39, 0.29) is 18.1 Å². The lowest BCUT2D eigenvalue weighted by molar-refractivity contribution is -0.384. The number of nitrogens with one attached hydrogen (secondary N) is 2. The van der Waals surface area contributed by atoms with Crippen LogP contribution in [0.15, 0.2) is 64.1 Å². The maximum atomic E-state index is 11.8. The minimum Gasteiger partial charge on any atom is -0.455 e. The van der Waals surface area contributed by atoms with Crippen LogP contribution in [0.25, 0.3) is 11.3 Å². The number of hydrazone groups is 1. The molecule has 29 heavy (non-hydrogen) atoms. The molecule has 0 aliphatic rings. The van der Waals surface area contributed by atoms with E-state index in [1.165, 1.54) is 24.4 Å². The zero-order valence-electron chi connectivity index (χ0n) is 15.4. The van der Waals surface area contributed by atoms with Gasteiger partial charge in [0.25, 0.3) is 11.6 Å². The van der Waals surface area contributed by atoms with E-state index < -0.39 is 4.92 Å². The van der Waals surface area contributed by atoms with Crippen LogP contribution in [0.1, 0.15) is 11.3 Å². The third-order valence-corrected chi connectivity index (χ3v) is 4.27. The second-order valence-electron chi connectivity index (χ2n) is 6.14. The largest absolute Gasteiger partial charge is 0.455 e. The number of nitro groups is 1. The Morgan fingerprint density at radius 2 is 1.97 bits per heavy atom. The highest BCUT2D eigenvalue weighted by molar-refractivity contribution is 6.33. The first-order chi connectivity index (χ1) is 13.9. The molecule has 2 N–H and O–H groups in total. The number of hydrogen-bond acceptors (Lipinski definition) is 6. The van der Waals surface area contributed by atoms with Gasteiger partial charge < -0.3 is 9.73 Å². The Balaban J connectivity index is 1.58. The second kappa shape index (κ2) is 9.03. The van der Waals surface area contributed by atoms with Gasteiger partial charge in [0.1, 0.15) is 11.5 Å². The van der Waals surface area contributed by atoms with Gasteiger partial charge in [-0.15, -0.1) is 0 Å². The Labute approximate surface area is 171 Å². The first-order valence-electron chi connectivity index (χ1n) is 8.59. The molecular formula is C20H17ClN4O4. The van der Waals surface area contributed by atoms with E-state index in [0.29, 0.717) is 22.1 Å². The van der Waals surface area contributed by atoms with Crippen LogP contribution in [0.5, 0.6) is 0 Å². The number of aryl methyl sites for hydroxylation is 1. The molecule has 3 rings (SSSR count). The van der Waals surface area contributed by atoms with E-state index in [1.54, 1.807) is 12.1 Å². The first-order valence-corrected chi connectivity index (χ1v) is 8.97. The lowest BCUT2D eigenvalue weighted by Crippen LogP contribution is -2.25. The summed E-state index contributed by atoms with van der Waals surface area (Å²) in [5.74, 6) is 0.386. The summed E-state index contributed by atoms with van der Waals surface area (Å²) >= 11 is 6.10. The predicted molar refractivity (Wildman–Crippen MR) is 111 cm³/mol. The fourth-order valence-electron chi connectivity index (χ4n) is 2.44. The van der Waals surface area contributed by atoms with Crippen molar-refractivity contribution in [3.63, 3.8) is 0 Å². The highest BCUT2D eigenvalue weighted by Crippen LogP contribution is 2.32. The maximum Gasteiger partial charge on any atom is 0.270 e. The average Bonchev–Trinajstić information content (AvgIpc) is 3.16. The van der Waals surface area contributed by atoms with Crippen LogP contribution in [0.4, 0.5) is 11.4 Å². The van der Waals surface area contributed by atoms with Gasteiger partial charge in [0, 0.05) is 23.4 Å². The number of non-ortho nitro benzene ring substituents is 1. The van der Waals surface area contributed by atoms with Crippen molar-refractivity contribution in [2.45, 2.75) is 6.92 Å². The quantitative estimate of drug-likeness (QED) is 0.340. The Bertz CT molecular complexity index is 1060. The zero-order valence-corrected chi connectivity index (χ0v) is 16.1. The molecule has 9 heteroatoms. The fraction of sp³-hybridized carbons (Fsp3) is 0.100. The predicted octanol–water partition coefficient (Wildman–Crippen LogP) is 4.38. The SMILES string of the molecule is Cc1ccc(NCC(=O)NN=Cc2ccc(-c3cc([N+](=O)[O-])ccc3Cl)o2)cc1. The molecule has 1 aromatic heterocycles. The van der Waals surface area contributed by atoms with E-state index in [1.807, 2.05) is 31.2 Å². The van der Waals surface area contributed by atoms with E-state index in [4.69, 9.17) is 16.0 Å². The lowest BCUT2D eigenvalue weighted by atomic mass is 10.1. The summed E-state index contributed by atoms with van der Waals surface area (Å²) in [6.45, 7) is 2.05. The summed E-state index contributed by atoms with van der Waals surface area (Å²) in [6.07, 6.45) is 1.33. The van der Waals surface area contributed by atoms with Crippen LogP contribution >= 0.6 is 11.6 Å². The number of hydrogen-bond donors (Lipinski definition) is 2. The maximum absolute atomic E-state index is 11.8. The van der Waals surface area contributed by atoms with Crippen molar-refractivity contribution in [2.24, 2.45) is 5.10 Å². The number of nitro benzene ring substituents is 1. The van der Waals surface area contributed by atoms with Gasteiger partial charge in [-0.25, -0.2) is 5.43 Å². The molecular weight excluding hydrogens is 396 g/mol. The van der Waals surface area contributed by atoms with Crippen LogP contribution in [-0.4, -0.2) is 23.6 Å². The van der Waals surface area contributed by atoms with Crippen molar-refractivity contribution in [1.82, 2.24) is 5.43 Å². The van der Waals surface area contributed by atoms with Crippen LogP contribution in [0.3, 0.4) is 0 Å². The smallest absolute Gasteiger partial charge is 0.270 e. The monoisotopic (exact) mass is 412 g/mol. The Morgan fingerprint density at radius 1 is 1.21 bits per heavy atom. The fourth-order valence-corrected chi connectivity index (χ4v) is 2.65. The average molecular weight is 413 g/mol. The van der Waals surface area contributed by atoms with Crippen LogP contribution in [-0.2, 0) is 4.79 Å². The van der Waals surface area contributed by atoms with Crippen molar-refractivity contribution < 1.29 is 14.1 Å². The normalized spacial score (nSPS) is 10.8. The Kier molecular flexibility index (Phi) is 6.25. The highest BCUT2D eigenvalue weighted by Gasteiger charge is 2.14. The molecule has 0 bridgehead atoms. The van der Waals surface area contributed by atoms with Crippen molar-refractivity contribution in [3.05, 3.63) is 81.1 Å². The van der Waals surface area contributed by atoms with Crippen LogP contribution in [0.2, 0.25) is 5.02 Å². The molecule has 1 amide bonds. The number of benzene rings is 2. The molecule has 8 nitrogen and oxygen atoms in total. The molecule has 3 aromatic rings.